The lowest BCUT2D eigenvalue weighted by Crippen LogP contribution is -2.51. The first-order chi connectivity index (χ1) is 24.8. The first-order valence-corrected chi connectivity index (χ1v) is 15.1. The Kier molecular flexibility index (Phi) is 11.5. The van der Waals surface area contributed by atoms with Gasteiger partial charge in [0.05, 0.1) is 22.7 Å². The van der Waals surface area contributed by atoms with Gasteiger partial charge in [-0.05, 0) is 48.9 Å². The number of nitrogens with zero attached hydrogens (tertiary/aromatic N) is 4. The van der Waals surface area contributed by atoms with Crippen molar-refractivity contribution in [2.24, 2.45) is 0 Å². The van der Waals surface area contributed by atoms with E-state index in [0.717, 1.165) is 54.9 Å². The summed E-state index contributed by atoms with van der Waals surface area (Å²) in [5.41, 5.74) is 4.62. The van der Waals surface area contributed by atoms with Gasteiger partial charge in [0.2, 0.25) is 11.9 Å². The monoisotopic (exact) mass is 730 g/mol. The molecular formula is C34H25F7N6O5. The van der Waals surface area contributed by atoms with E-state index in [9.17, 15) is 35.9 Å². The summed E-state index contributed by atoms with van der Waals surface area (Å²) in [6.07, 6.45) is 3.47. The Morgan fingerprint density at radius 1 is 0.904 bits per heavy atom. The molecule has 18 heteroatoms. The molecule has 3 N–H and O–H groups in total. The second-order valence-electron chi connectivity index (χ2n) is 11.0. The maximum absolute atomic E-state index is 15.0. The molecule has 270 valence electrons. The summed E-state index contributed by atoms with van der Waals surface area (Å²) in [6, 6.07) is 4.80. The summed E-state index contributed by atoms with van der Waals surface area (Å²) in [6.45, 7) is -6.53. The summed E-state index contributed by atoms with van der Waals surface area (Å²) in [4.78, 5) is 41.5. The van der Waals surface area contributed by atoms with Gasteiger partial charge in [-0.15, -0.1) is 0 Å². The molecule has 2 aromatic heterocycles. The number of hydrogen-bond acceptors (Lipinski definition) is 10. The fourth-order valence-corrected chi connectivity index (χ4v) is 5.00. The summed E-state index contributed by atoms with van der Waals surface area (Å²) in [5.74, 6) is -2.10. The second-order valence-corrected chi connectivity index (χ2v) is 11.0. The number of amides is 1. The minimum atomic E-state index is -3.32. The van der Waals surface area contributed by atoms with Gasteiger partial charge in [-0.25, -0.2) is 37.9 Å². The third kappa shape index (κ3) is 9.93. The molecule has 0 unspecified atom stereocenters. The topological polar surface area (TPSA) is 151 Å². The average Bonchev–Trinajstić information content (AvgIpc) is 3.09. The molecule has 52 heavy (non-hydrogen) atoms. The molecular weight excluding hydrogens is 705 g/mol. The number of carbonyl (C=O) groups is 2. The van der Waals surface area contributed by atoms with E-state index in [1.54, 1.807) is 0 Å². The third-order valence-corrected chi connectivity index (χ3v) is 7.39. The number of ether oxygens (including phenoxy) is 3. The van der Waals surface area contributed by atoms with Gasteiger partial charge >= 0.3 is 19.2 Å². The zero-order valence-corrected chi connectivity index (χ0v) is 26.4. The molecule has 0 aliphatic heterocycles. The third-order valence-electron chi connectivity index (χ3n) is 7.39. The highest BCUT2D eigenvalue weighted by atomic mass is 19.3. The van der Waals surface area contributed by atoms with Crippen molar-refractivity contribution in [1.82, 2.24) is 25.3 Å². The Bertz CT molecular complexity index is 2010. The average molecular weight is 731 g/mol. The molecule has 1 saturated carbocycles. The van der Waals surface area contributed by atoms with Crippen LogP contribution in [0, 0.1) is 11.8 Å². The van der Waals surface area contributed by atoms with E-state index < -0.39 is 67.6 Å². The van der Waals surface area contributed by atoms with Gasteiger partial charge in [0.25, 0.3) is 5.91 Å². The van der Waals surface area contributed by atoms with E-state index in [4.69, 9.17) is 10.5 Å². The molecule has 2 aromatic carbocycles. The lowest BCUT2D eigenvalue weighted by molar-refractivity contribution is -0.0824. The lowest BCUT2D eigenvalue weighted by Gasteiger charge is -2.36. The number of alkyl halides is 6. The first kappa shape index (κ1) is 37.0. The van der Waals surface area contributed by atoms with E-state index in [2.05, 4.69) is 46.6 Å². The molecule has 0 radical (unpaired) electrons. The van der Waals surface area contributed by atoms with Crippen LogP contribution >= 0.6 is 0 Å². The Balaban J connectivity index is 1.38. The van der Waals surface area contributed by atoms with E-state index in [1.807, 2.05) is 0 Å². The van der Waals surface area contributed by atoms with Gasteiger partial charge in [0, 0.05) is 54.3 Å². The van der Waals surface area contributed by atoms with Crippen molar-refractivity contribution in [3.05, 3.63) is 101 Å². The number of esters is 1. The highest BCUT2D eigenvalue weighted by Gasteiger charge is 2.44. The van der Waals surface area contributed by atoms with Crippen LogP contribution in [0.5, 0.6) is 11.5 Å². The zero-order chi connectivity index (χ0) is 37.4. The number of nitrogen functional groups attached to an aromatic ring is 1. The standard InChI is InChI=1S/C34H25F7N6O5/c35-24(23-15-45-33(42)46-16-23)11-22-10-20(3-5-27(22)52-32(38)39)29(48)47-25-12-34(40,41)8-7-28(25)50-30(49)21-4-6-26(51-31(36)37)19(9-21)2-1-18-13-43-17-44-14-18/h3-6,9-11,13-17,25,28,31-32H,7-8,12H2,(H,47,48)(H2,42,45,46)/b24-11-/t25-,28-/m0/s1. The molecule has 0 spiro atoms. The van der Waals surface area contributed by atoms with E-state index in [-0.39, 0.29) is 45.9 Å². The number of nitrogens with one attached hydrogen (secondary N) is 1. The first-order valence-electron chi connectivity index (χ1n) is 15.1. The predicted molar refractivity (Wildman–Crippen MR) is 169 cm³/mol. The summed E-state index contributed by atoms with van der Waals surface area (Å²) in [7, 11) is 0. The van der Waals surface area contributed by atoms with Gasteiger partial charge < -0.3 is 25.3 Å². The maximum Gasteiger partial charge on any atom is 0.387 e. The van der Waals surface area contributed by atoms with Crippen molar-refractivity contribution < 1.29 is 54.5 Å². The highest BCUT2D eigenvalue weighted by Crippen LogP contribution is 2.36. The van der Waals surface area contributed by atoms with Crippen LogP contribution in [0.1, 0.15) is 62.2 Å². The number of hydrogen-bond donors (Lipinski definition) is 2. The quantitative estimate of drug-likeness (QED) is 0.112. The minimum Gasteiger partial charge on any atom is -0.457 e. The number of benzene rings is 2. The summed E-state index contributed by atoms with van der Waals surface area (Å²) >= 11 is 0. The van der Waals surface area contributed by atoms with Gasteiger partial charge in [-0.1, -0.05) is 11.8 Å². The van der Waals surface area contributed by atoms with Crippen LogP contribution in [0.4, 0.5) is 36.7 Å². The normalized spacial score (nSPS) is 16.8. The number of nitrogens with two attached hydrogens (primary N) is 1. The van der Waals surface area contributed by atoms with Crippen molar-refractivity contribution in [2.45, 2.75) is 50.6 Å². The fourth-order valence-electron chi connectivity index (χ4n) is 5.00. The molecule has 0 bridgehead atoms. The second kappa shape index (κ2) is 16.2. The van der Waals surface area contributed by atoms with Gasteiger partial charge in [-0.3, -0.25) is 4.79 Å². The zero-order valence-electron chi connectivity index (χ0n) is 26.4. The van der Waals surface area contributed by atoms with Crippen LogP contribution in [-0.4, -0.2) is 63.1 Å². The highest BCUT2D eigenvalue weighted by molar-refractivity contribution is 5.96. The number of rotatable bonds is 10. The molecule has 1 fully saturated rings. The van der Waals surface area contributed by atoms with Crippen molar-refractivity contribution in [3.8, 4) is 23.3 Å². The van der Waals surface area contributed by atoms with Crippen LogP contribution < -0.4 is 20.5 Å². The molecule has 5 rings (SSSR count). The largest absolute Gasteiger partial charge is 0.457 e. The molecule has 4 aromatic rings. The number of halogens is 7. The van der Waals surface area contributed by atoms with Gasteiger partial charge in [-0.2, -0.15) is 17.6 Å². The van der Waals surface area contributed by atoms with Crippen LogP contribution in [0.25, 0.3) is 11.9 Å². The van der Waals surface area contributed by atoms with Gasteiger partial charge in [0.1, 0.15) is 29.8 Å². The van der Waals surface area contributed by atoms with E-state index in [0.29, 0.717) is 5.56 Å². The maximum atomic E-state index is 15.0. The Labute approximate surface area is 290 Å². The molecule has 1 amide bonds. The van der Waals surface area contributed by atoms with Crippen molar-refractivity contribution in [3.63, 3.8) is 0 Å². The van der Waals surface area contributed by atoms with Crippen LogP contribution in [0.3, 0.4) is 0 Å². The van der Waals surface area contributed by atoms with Gasteiger partial charge in [0.15, 0.2) is 0 Å². The minimum absolute atomic E-state index is 0.136. The van der Waals surface area contributed by atoms with Crippen molar-refractivity contribution >= 4 is 29.7 Å². The number of anilines is 1. The molecule has 11 nitrogen and oxygen atoms in total. The molecule has 0 saturated heterocycles. The fraction of sp³-hybridized carbons (Fsp3) is 0.235. The van der Waals surface area contributed by atoms with Crippen LogP contribution in [0.2, 0.25) is 0 Å². The van der Waals surface area contributed by atoms with Crippen molar-refractivity contribution in [1.29, 1.82) is 0 Å². The van der Waals surface area contributed by atoms with Crippen molar-refractivity contribution in [2.75, 3.05) is 5.73 Å². The SMILES string of the molecule is Nc1ncc(/C(F)=C/c2cc(C(=O)N[C@H]3CC(F)(F)CC[C@@H]3OC(=O)c3ccc(OC(F)F)c(C#Cc4cncnc4)c3)ccc2OC(F)F)cn1. The lowest BCUT2D eigenvalue weighted by atomic mass is 9.89. The predicted octanol–water partition coefficient (Wildman–Crippen LogP) is 6.06. The smallest absolute Gasteiger partial charge is 0.387 e. The molecule has 1 aliphatic rings. The van der Waals surface area contributed by atoms with Crippen LogP contribution in [-0.2, 0) is 4.74 Å². The molecule has 1 aliphatic carbocycles. The Morgan fingerprint density at radius 2 is 1.56 bits per heavy atom. The molecule has 2 heterocycles. The van der Waals surface area contributed by atoms with E-state index in [1.165, 1.54) is 18.7 Å². The number of aromatic nitrogens is 4. The molecule has 2 atom stereocenters. The Morgan fingerprint density at radius 3 is 2.25 bits per heavy atom. The number of carbonyl (C=O) groups excluding carboxylic acids is 2. The Hall–Kier alpha value is -6.25. The van der Waals surface area contributed by atoms with Crippen LogP contribution in [0.15, 0.2) is 67.5 Å². The summed E-state index contributed by atoms with van der Waals surface area (Å²) < 4.78 is 111. The summed E-state index contributed by atoms with van der Waals surface area (Å²) in [5, 5.41) is 2.39. The van der Waals surface area contributed by atoms with E-state index >= 15 is 4.39 Å².